The molecule has 1 unspecified atom stereocenters. The molecule has 8 heteroatoms. The van der Waals surface area contributed by atoms with E-state index in [1.807, 2.05) is 27.7 Å². The topological polar surface area (TPSA) is 97.9 Å². The summed E-state index contributed by atoms with van der Waals surface area (Å²) in [5.74, 6) is -1.98. The summed E-state index contributed by atoms with van der Waals surface area (Å²) >= 11 is 0. The van der Waals surface area contributed by atoms with Crippen LogP contribution in [0.3, 0.4) is 0 Å². The molecule has 1 atom stereocenters. The van der Waals surface area contributed by atoms with Crippen LogP contribution in [0.1, 0.15) is 62.9 Å². The molecule has 1 aromatic rings. The number of hydrogen-bond donors (Lipinski definition) is 2. The molecule has 1 aliphatic heterocycles. The second-order valence-electron chi connectivity index (χ2n) is 6.90. The number of H-pyrrole nitrogens is 1. The molecular formula is C16H24BNO6. The van der Waals surface area contributed by atoms with E-state index in [1.165, 1.54) is 0 Å². The highest BCUT2D eigenvalue weighted by atomic mass is 16.7. The predicted molar refractivity (Wildman–Crippen MR) is 87.8 cm³/mol. The molecule has 1 saturated heterocycles. The van der Waals surface area contributed by atoms with Gasteiger partial charge in [-0.25, -0.2) is 4.79 Å². The molecule has 0 spiro atoms. The Hall–Kier alpha value is -1.80. The van der Waals surface area contributed by atoms with Crippen molar-refractivity contribution in [3.63, 3.8) is 0 Å². The van der Waals surface area contributed by atoms with Crippen LogP contribution in [-0.4, -0.2) is 47.0 Å². The molecule has 2 heterocycles. The molecule has 1 fully saturated rings. The van der Waals surface area contributed by atoms with Crippen molar-refractivity contribution in [1.29, 1.82) is 0 Å². The fraction of sp³-hybridized carbons (Fsp3) is 0.625. The Morgan fingerprint density at radius 1 is 1.29 bits per heavy atom. The SMILES string of the molecule is CCOC(=O)c1cc(C(CC(=O)O)B2OC(C)(C)C(C)(C)O2)c[nH]1. The summed E-state index contributed by atoms with van der Waals surface area (Å²) in [6.45, 7) is 9.62. The van der Waals surface area contributed by atoms with Crippen LogP contribution >= 0.6 is 0 Å². The first kappa shape index (κ1) is 18.5. The average Bonchev–Trinajstić information content (AvgIpc) is 3.00. The summed E-state index contributed by atoms with van der Waals surface area (Å²) < 4.78 is 16.9. The van der Waals surface area contributed by atoms with E-state index in [4.69, 9.17) is 14.0 Å². The number of rotatable bonds is 6. The van der Waals surface area contributed by atoms with Crippen LogP contribution in [0.2, 0.25) is 0 Å². The zero-order valence-corrected chi connectivity index (χ0v) is 14.7. The Morgan fingerprint density at radius 2 is 1.88 bits per heavy atom. The van der Waals surface area contributed by atoms with Crippen molar-refractivity contribution in [3.8, 4) is 0 Å². The molecule has 132 valence electrons. The number of hydrogen-bond acceptors (Lipinski definition) is 5. The van der Waals surface area contributed by atoms with Gasteiger partial charge in [-0.15, -0.1) is 0 Å². The van der Waals surface area contributed by atoms with Crippen molar-refractivity contribution < 1.29 is 28.7 Å². The predicted octanol–water partition coefficient (Wildman–Crippen LogP) is 2.38. The lowest BCUT2D eigenvalue weighted by molar-refractivity contribution is -0.137. The van der Waals surface area contributed by atoms with Crippen LogP contribution in [0.15, 0.2) is 12.3 Å². The zero-order valence-electron chi connectivity index (χ0n) is 14.7. The number of carboxylic acid groups (broad SMARTS) is 1. The molecular weight excluding hydrogens is 313 g/mol. The molecule has 1 aliphatic rings. The van der Waals surface area contributed by atoms with Gasteiger partial charge in [-0.3, -0.25) is 4.79 Å². The molecule has 0 saturated carbocycles. The fourth-order valence-electron chi connectivity index (χ4n) is 2.56. The van der Waals surface area contributed by atoms with E-state index in [1.54, 1.807) is 19.2 Å². The fourth-order valence-corrected chi connectivity index (χ4v) is 2.56. The van der Waals surface area contributed by atoms with E-state index in [-0.39, 0.29) is 18.7 Å². The monoisotopic (exact) mass is 337 g/mol. The number of carbonyl (C=O) groups excluding carboxylic acids is 1. The summed E-state index contributed by atoms with van der Waals surface area (Å²) in [4.78, 5) is 25.9. The first-order valence-electron chi connectivity index (χ1n) is 8.00. The van der Waals surface area contributed by atoms with Gasteiger partial charge in [0.2, 0.25) is 0 Å². The summed E-state index contributed by atoms with van der Waals surface area (Å²) in [6.07, 6.45) is 1.43. The van der Waals surface area contributed by atoms with Gasteiger partial charge in [0.15, 0.2) is 0 Å². The quantitative estimate of drug-likeness (QED) is 0.611. The lowest BCUT2D eigenvalue weighted by Gasteiger charge is -2.32. The zero-order chi connectivity index (χ0) is 18.1. The number of nitrogens with one attached hydrogen (secondary N) is 1. The van der Waals surface area contributed by atoms with Gasteiger partial charge >= 0.3 is 19.1 Å². The highest BCUT2D eigenvalue weighted by molar-refractivity contribution is 6.48. The molecule has 0 bridgehead atoms. The molecule has 0 radical (unpaired) electrons. The molecule has 0 amide bonds. The summed E-state index contributed by atoms with van der Waals surface area (Å²) in [5.41, 5.74) is -0.207. The standard InChI is InChI=1S/C16H24BNO6/c1-6-22-14(21)12-7-10(9-18-12)11(8-13(19)20)17-23-15(2,3)16(4,5)24-17/h7,9,11,18H,6,8H2,1-5H3,(H,19,20). The number of aromatic nitrogens is 1. The van der Waals surface area contributed by atoms with Crippen molar-refractivity contribution in [1.82, 2.24) is 4.98 Å². The molecule has 24 heavy (non-hydrogen) atoms. The smallest absolute Gasteiger partial charge is 0.466 e. The third-order valence-electron chi connectivity index (χ3n) is 4.62. The Kier molecular flexibility index (Phi) is 5.10. The van der Waals surface area contributed by atoms with Crippen molar-refractivity contribution in [2.24, 2.45) is 0 Å². The maximum atomic E-state index is 11.8. The largest absolute Gasteiger partial charge is 0.481 e. The molecule has 7 nitrogen and oxygen atoms in total. The third-order valence-corrected chi connectivity index (χ3v) is 4.62. The van der Waals surface area contributed by atoms with E-state index in [0.29, 0.717) is 5.56 Å². The van der Waals surface area contributed by atoms with Crippen LogP contribution < -0.4 is 0 Å². The molecule has 2 rings (SSSR count). The van der Waals surface area contributed by atoms with Crippen molar-refractivity contribution in [2.45, 2.75) is 58.1 Å². The number of esters is 1. The maximum Gasteiger partial charge on any atom is 0.466 e. The Bertz CT molecular complexity index is 608. The van der Waals surface area contributed by atoms with Gasteiger partial charge in [0.05, 0.1) is 24.2 Å². The summed E-state index contributed by atoms with van der Waals surface area (Å²) in [6, 6.07) is 1.59. The van der Waals surface area contributed by atoms with Crippen LogP contribution in [0.4, 0.5) is 0 Å². The van der Waals surface area contributed by atoms with Crippen LogP contribution in [0, 0.1) is 0 Å². The van der Waals surface area contributed by atoms with Crippen LogP contribution in [0.25, 0.3) is 0 Å². The Labute approximate surface area is 141 Å². The lowest BCUT2D eigenvalue weighted by atomic mass is 9.66. The first-order valence-corrected chi connectivity index (χ1v) is 8.00. The Balaban J connectivity index is 2.27. The van der Waals surface area contributed by atoms with E-state index in [2.05, 4.69) is 4.98 Å². The number of carboxylic acids is 1. The number of ether oxygens (including phenoxy) is 1. The highest BCUT2D eigenvalue weighted by Gasteiger charge is 2.54. The van der Waals surface area contributed by atoms with Crippen molar-refractivity contribution in [3.05, 3.63) is 23.5 Å². The van der Waals surface area contributed by atoms with Crippen LogP contribution in [-0.2, 0) is 18.8 Å². The van der Waals surface area contributed by atoms with E-state index in [9.17, 15) is 14.7 Å². The van der Waals surface area contributed by atoms with Gasteiger partial charge in [-0.05, 0) is 46.2 Å². The number of aromatic amines is 1. The van der Waals surface area contributed by atoms with Crippen molar-refractivity contribution >= 4 is 19.1 Å². The second kappa shape index (κ2) is 6.60. The van der Waals surface area contributed by atoms with E-state index >= 15 is 0 Å². The van der Waals surface area contributed by atoms with Gasteiger partial charge in [-0.1, -0.05) is 0 Å². The van der Waals surface area contributed by atoms with Crippen LogP contribution in [0.5, 0.6) is 0 Å². The number of aliphatic carboxylic acids is 1. The maximum absolute atomic E-state index is 11.8. The Morgan fingerprint density at radius 3 is 2.38 bits per heavy atom. The molecule has 1 aromatic heterocycles. The third kappa shape index (κ3) is 3.65. The summed E-state index contributed by atoms with van der Waals surface area (Å²) in [5, 5.41) is 9.25. The minimum absolute atomic E-state index is 0.170. The minimum atomic E-state index is -0.964. The van der Waals surface area contributed by atoms with Crippen molar-refractivity contribution in [2.75, 3.05) is 6.61 Å². The average molecular weight is 337 g/mol. The van der Waals surface area contributed by atoms with E-state index in [0.717, 1.165) is 0 Å². The molecule has 0 aromatic carbocycles. The van der Waals surface area contributed by atoms with Gasteiger partial charge in [0.25, 0.3) is 0 Å². The van der Waals surface area contributed by atoms with Gasteiger partial charge in [-0.2, -0.15) is 0 Å². The molecule has 0 aliphatic carbocycles. The summed E-state index contributed by atoms with van der Waals surface area (Å²) in [7, 11) is -0.711. The highest BCUT2D eigenvalue weighted by Crippen LogP contribution is 2.41. The van der Waals surface area contributed by atoms with E-state index < -0.39 is 36.1 Å². The van der Waals surface area contributed by atoms with Gasteiger partial charge in [0.1, 0.15) is 5.69 Å². The second-order valence-corrected chi connectivity index (χ2v) is 6.90. The number of carbonyl (C=O) groups is 2. The molecule has 2 N–H and O–H groups in total. The lowest BCUT2D eigenvalue weighted by Crippen LogP contribution is -2.41. The first-order chi connectivity index (χ1) is 11.1. The normalized spacial score (nSPS) is 20.0. The van der Waals surface area contributed by atoms with Gasteiger partial charge in [0, 0.05) is 12.0 Å². The van der Waals surface area contributed by atoms with Gasteiger partial charge < -0.3 is 24.1 Å². The minimum Gasteiger partial charge on any atom is -0.481 e.